The van der Waals surface area contributed by atoms with E-state index in [0.717, 1.165) is 36.8 Å². The van der Waals surface area contributed by atoms with Crippen molar-refractivity contribution in [3.63, 3.8) is 0 Å². The van der Waals surface area contributed by atoms with Gasteiger partial charge in [-0.3, -0.25) is 0 Å². The van der Waals surface area contributed by atoms with Gasteiger partial charge in [0.05, 0.1) is 4.90 Å². The maximum atomic E-state index is 12.9. The van der Waals surface area contributed by atoms with Crippen LogP contribution in [0.1, 0.15) is 43.7 Å². The van der Waals surface area contributed by atoms with Crippen LogP contribution < -0.4 is 5.73 Å². The fourth-order valence-electron chi connectivity index (χ4n) is 2.78. The van der Waals surface area contributed by atoms with Gasteiger partial charge >= 0.3 is 0 Å². The van der Waals surface area contributed by atoms with E-state index in [1.807, 2.05) is 26.0 Å². The van der Waals surface area contributed by atoms with Crippen molar-refractivity contribution in [1.29, 1.82) is 0 Å². The standard InChI is InChI=1S/C15H24N2O2S/c1-12-7-8-14(11-16)10-15(12)20(18,19)17-9-5-3-4-6-13(17)2/h7-8,10,13H,3-6,9,11,16H2,1-2H3. The highest BCUT2D eigenvalue weighted by atomic mass is 32.2. The third-order valence-corrected chi connectivity index (χ3v) is 6.22. The molecule has 112 valence electrons. The Bertz CT molecular complexity index is 569. The highest BCUT2D eigenvalue weighted by Crippen LogP contribution is 2.27. The van der Waals surface area contributed by atoms with Gasteiger partial charge in [0.25, 0.3) is 0 Å². The van der Waals surface area contributed by atoms with Gasteiger partial charge in [-0.2, -0.15) is 4.31 Å². The highest BCUT2D eigenvalue weighted by molar-refractivity contribution is 7.89. The summed E-state index contributed by atoms with van der Waals surface area (Å²) in [5.41, 5.74) is 7.28. The van der Waals surface area contributed by atoms with Crippen molar-refractivity contribution >= 4 is 10.0 Å². The van der Waals surface area contributed by atoms with Gasteiger partial charge in [-0.05, 0) is 43.9 Å². The molecule has 0 aromatic heterocycles. The average molecular weight is 296 g/mol. The fraction of sp³-hybridized carbons (Fsp3) is 0.600. The molecule has 1 unspecified atom stereocenters. The minimum Gasteiger partial charge on any atom is -0.326 e. The predicted octanol–water partition coefficient (Wildman–Crippen LogP) is 2.41. The first kappa shape index (κ1) is 15.5. The highest BCUT2D eigenvalue weighted by Gasteiger charge is 2.31. The van der Waals surface area contributed by atoms with Crippen LogP contribution in [0.3, 0.4) is 0 Å². The molecule has 0 saturated carbocycles. The van der Waals surface area contributed by atoms with Crippen LogP contribution >= 0.6 is 0 Å². The predicted molar refractivity (Wildman–Crippen MR) is 80.9 cm³/mol. The van der Waals surface area contributed by atoms with Crippen molar-refractivity contribution in [3.05, 3.63) is 29.3 Å². The van der Waals surface area contributed by atoms with Gasteiger partial charge in [0.15, 0.2) is 0 Å². The summed E-state index contributed by atoms with van der Waals surface area (Å²) in [6, 6.07) is 5.53. The largest absolute Gasteiger partial charge is 0.326 e. The Morgan fingerprint density at radius 1 is 1.30 bits per heavy atom. The lowest BCUT2D eigenvalue weighted by Crippen LogP contribution is -2.38. The molecule has 1 aliphatic rings. The second kappa shape index (κ2) is 6.24. The third-order valence-electron chi connectivity index (χ3n) is 4.07. The van der Waals surface area contributed by atoms with Gasteiger partial charge in [0.1, 0.15) is 0 Å². The van der Waals surface area contributed by atoms with Crippen LogP contribution in [0.25, 0.3) is 0 Å². The molecule has 0 spiro atoms. The summed E-state index contributed by atoms with van der Waals surface area (Å²) >= 11 is 0. The van der Waals surface area contributed by atoms with Crippen molar-refractivity contribution in [2.75, 3.05) is 6.54 Å². The number of nitrogens with two attached hydrogens (primary N) is 1. The summed E-state index contributed by atoms with van der Waals surface area (Å²) in [6.07, 6.45) is 4.10. The zero-order chi connectivity index (χ0) is 14.8. The molecule has 1 aliphatic heterocycles. The van der Waals surface area contributed by atoms with Crippen molar-refractivity contribution < 1.29 is 8.42 Å². The SMILES string of the molecule is Cc1ccc(CN)cc1S(=O)(=O)N1CCCCCC1C. The van der Waals surface area contributed by atoms with Gasteiger partial charge in [0.2, 0.25) is 10.0 Å². The second-order valence-corrected chi connectivity index (χ2v) is 7.48. The molecule has 1 aromatic carbocycles. The quantitative estimate of drug-likeness (QED) is 0.931. The van der Waals surface area contributed by atoms with Gasteiger partial charge in [-0.25, -0.2) is 8.42 Å². The molecule has 0 amide bonds. The maximum Gasteiger partial charge on any atom is 0.243 e. The lowest BCUT2D eigenvalue weighted by molar-refractivity contribution is 0.342. The van der Waals surface area contributed by atoms with E-state index in [1.165, 1.54) is 0 Å². The summed E-state index contributed by atoms with van der Waals surface area (Å²) < 4.78 is 27.5. The Labute approximate surface area is 122 Å². The van der Waals surface area contributed by atoms with Crippen LogP contribution in [-0.4, -0.2) is 25.3 Å². The monoisotopic (exact) mass is 296 g/mol. The summed E-state index contributed by atoms with van der Waals surface area (Å²) in [7, 11) is -3.42. The van der Waals surface area contributed by atoms with E-state index in [4.69, 9.17) is 5.73 Å². The Kier molecular flexibility index (Phi) is 4.83. The Morgan fingerprint density at radius 3 is 2.75 bits per heavy atom. The van der Waals surface area contributed by atoms with Crippen LogP contribution in [0.15, 0.2) is 23.1 Å². The zero-order valence-corrected chi connectivity index (χ0v) is 13.1. The average Bonchev–Trinajstić information content (AvgIpc) is 2.64. The normalized spacial score (nSPS) is 21.6. The first-order valence-corrected chi connectivity index (χ1v) is 8.72. The molecule has 0 radical (unpaired) electrons. The number of benzene rings is 1. The zero-order valence-electron chi connectivity index (χ0n) is 12.3. The third kappa shape index (κ3) is 3.05. The number of nitrogens with zero attached hydrogens (tertiary/aromatic N) is 1. The summed E-state index contributed by atoms with van der Waals surface area (Å²) in [6.45, 7) is 4.83. The maximum absolute atomic E-state index is 12.9. The fourth-order valence-corrected chi connectivity index (χ4v) is 4.76. The van der Waals surface area contributed by atoms with E-state index in [9.17, 15) is 8.42 Å². The van der Waals surface area contributed by atoms with Crippen molar-refractivity contribution in [2.45, 2.75) is 57.0 Å². The van der Waals surface area contributed by atoms with E-state index in [-0.39, 0.29) is 6.04 Å². The topological polar surface area (TPSA) is 63.4 Å². The number of rotatable bonds is 3. The van der Waals surface area contributed by atoms with Gasteiger partial charge < -0.3 is 5.73 Å². The lowest BCUT2D eigenvalue weighted by atomic mass is 10.1. The van der Waals surface area contributed by atoms with E-state index in [1.54, 1.807) is 10.4 Å². The minimum atomic E-state index is -3.42. The molecule has 20 heavy (non-hydrogen) atoms. The minimum absolute atomic E-state index is 0.0726. The number of hydrogen-bond donors (Lipinski definition) is 1. The smallest absolute Gasteiger partial charge is 0.243 e. The molecule has 1 atom stereocenters. The van der Waals surface area contributed by atoms with Crippen molar-refractivity contribution in [1.82, 2.24) is 4.31 Å². The number of sulfonamides is 1. The lowest BCUT2D eigenvalue weighted by Gasteiger charge is -2.27. The molecule has 1 aromatic rings. The summed E-state index contributed by atoms with van der Waals surface area (Å²) in [4.78, 5) is 0.411. The molecule has 2 N–H and O–H groups in total. The molecule has 1 fully saturated rings. The van der Waals surface area contributed by atoms with Gasteiger partial charge in [-0.1, -0.05) is 25.0 Å². The molecule has 0 aliphatic carbocycles. The molecule has 2 rings (SSSR count). The molecule has 1 saturated heterocycles. The Morgan fingerprint density at radius 2 is 2.05 bits per heavy atom. The first-order chi connectivity index (χ1) is 9.46. The Balaban J connectivity index is 2.43. The van der Waals surface area contributed by atoms with E-state index >= 15 is 0 Å². The van der Waals surface area contributed by atoms with Crippen molar-refractivity contribution in [3.8, 4) is 0 Å². The van der Waals surface area contributed by atoms with Gasteiger partial charge in [0, 0.05) is 19.1 Å². The molecular formula is C15H24N2O2S. The second-order valence-electron chi connectivity index (χ2n) is 5.62. The molecular weight excluding hydrogens is 272 g/mol. The van der Waals surface area contributed by atoms with Crippen LogP contribution in [0.5, 0.6) is 0 Å². The van der Waals surface area contributed by atoms with Crippen LogP contribution in [-0.2, 0) is 16.6 Å². The van der Waals surface area contributed by atoms with Crippen molar-refractivity contribution in [2.24, 2.45) is 5.73 Å². The van der Waals surface area contributed by atoms with E-state index in [2.05, 4.69) is 0 Å². The molecule has 0 bridgehead atoms. The molecule has 5 heteroatoms. The van der Waals surface area contributed by atoms with Gasteiger partial charge in [-0.15, -0.1) is 0 Å². The molecule has 1 heterocycles. The van der Waals surface area contributed by atoms with E-state index < -0.39 is 10.0 Å². The number of hydrogen-bond acceptors (Lipinski definition) is 3. The Hall–Kier alpha value is -0.910. The summed E-state index contributed by atoms with van der Waals surface area (Å²) in [5.74, 6) is 0. The number of aryl methyl sites for hydroxylation is 1. The summed E-state index contributed by atoms with van der Waals surface area (Å²) in [5, 5.41) is 0. The first-order valence-electron chi connectivity index (χ1n) is 7.28. The van der Waals surface area contributed by atoms with E-state index in [0.29, 0.717) is 18.0 Å². The van der Waals surface area contributed by atoms with Crippen LogP contribution in [0, 0.1) is 6.92 Å². The van der Waals surface area contributed by atoms with Crippen LogP contribution in [0.4, 0.5) is 0 Å². The molecule has 4 nitrogen and oxygen atoms in total. The van der Waals surface area contributed by atoms with Crippen LogP contribution in [0.2, 0.25) is 0 Å².